The fourth-order valence-electron chi connectivity index (χ4n) is 2.50. The number of ether oxygens (including phenoxy) is 2. The van der Waals surface area contributed by atoms with Gasteiger partial charge in [0.05, 0.1) is 18.3 Å². The van der Waals surface area contributed by atoms with Gasteiger partial charge in [0, 0.05) is 5.39 Å². The summed E-state index contributed by atoms with van der Waals surface area (Å²) in [5, 5.41) is 4.90. The van der Waals surface area contributed by atoms with Gasteiger partial charge in [-0.1, -0.05) is 18.2 Å². The predicted octanol–water partition coefficient (Wildman–Crippen LogP) is 2.17. The first-order chi connectivity index (χ1) is 10.3. The third-order valence-corrected chi connectivity index (χ3v) is 3.53. The molecular weight excluding hydrogens is 268 g/mol. The molecule has 0 aliphatic carbocycles. The molecular formula is C16H12N2O3. The van der Waals surface area contributed by atoms with Crippen LogP contribution < -0.4 is 14.9 Å². The summed E-state index contributed by atoms with van der Waals surface area (Å²) >= 11 is 0. The van der Waals surface area contributed by atoms with Crippen molar-refractivity contribution in [2.24, 2.45) is 0 Å². The maximum absolute atomic E-state index is 11.8. The Kier molecular flexibility index (Phi) is 2.64. The van der Waals surface area contributed by atoms with Crippen LogP contribution >= 0.6 is 0 Å². The normalized spacial score (nSPS) is 12.8. The van der Waals surface area contributed by atoms with Crippen LogP contribution in [0.4, 0.5) is 0 Å². The molecule has 0 N–H and O–H groups in total. The quantitative estimate of drug-likeness (QED) is 0.722. The van der Waals surface area contributed by atoms with Gasteiger partial charge in [-0.3, -0.25) is 9.48 Å². The fraction of sp³-hybridized carbons (Fsp3) is 0.125. The van der Waals surface area contributed by atoms with E-state index in [2.05, 4.69) is 5.10 Å². The molecule has 0 unspecified atom stereocenters. The molecule has 1 aromatic heterocycles. The van der Waals surface area contributed by atoms with Crippen LogP contribution in [0.2, 0.25) is 0 Å². The number of para-hydroxylation sites is 1. The topological polar surface area (TPSA) is 53.4 Å². The highest BCUT2D eigenvalue weighted by Gasteiger charge is 2.13. The van der Waals surface area contributed by atoms with Crippen LogP contribution in [-0.2, 0) is 6.54 Å². The Hall–Kier alpha value is -2.82. The number of fused-ring (bicyclic) bond motifs is 2. The van der Waals surface area contributed by atoms with Crippen LogP contribution in [-0.4, -0.2) is 16.6 Å². The van der Waals surface area contributed by atoms with Gasteiger partial charge in [-0.15, -0.1) is 0 Å². The minimum Gasteiger partial charge on any atom is -0.454 e. The van der Waals surface area contributed by atoms with Gasteiger partial charge in [-0.05, 0) is 29.8 Å². The van der Waals surface area contributed by atoms with E-state index in [-0.39, 0.29) is 12.2 Å². The lowest BCUT2D eigenvalue weighted by molar-refractivity contribution is 0.174. The summed E-state index contributed by atoms with van der Waals surface area (Å²) in [5.74, 6) is 1.51. The van der Waals surface area contributed by atoms with Crippen molar-refractivity contribution in [3.8, 4) is 11.5 Å². The number of rotatable bonds is 2. The Bertz CT molecular complexity index is 886. The zero-order chi connectivity index (χ0) is 14.2. The standard InChI is InChI=1S/C16H12N2O3/c19-14-8-17-18(13-4-2-1-3-12(13)14)9-11-5-6-15-16(7-11)21-10-20-15/h1-8H,9-10H2. The molecule has 0 atom stereocenters. The number of hydrogen-bond donors (Lipinski definition) is 0. The lowest BCUT2D eigenvalue weighted by Gasteiger charge is -2.09. The smallest absolute Gasteiger partial charge is 0.231 e. The molecule has 4 rings (SSSR count). The Morgan fingerprint density at radius 1 is 1.10 bits per heavy atom. The maximum Gasteiger partial charge on any atom is 0.231 e. The van der Waals surface area contributed by atoms with E-state index >= 15 is 0 Å². The number of nitrogens with zero attached hydrogens (tertiary/aromatic N) is 2. The van der Waals surface area contributed by atoms with Crippen LogP contribution in [0, 0.1) is 0 Å². The average molecular weight is 280 g/mol. The average Bonchev–Trinajstić information content (AvgIpc) is 2.98. The van der Waals surface area contributed by atoms with Gasteiger partial charge >= 0.3 is 0 Å². The first-order valence-electron chi connectivity index (χ1n) is 6.65. The monoisotopic (exact) mass is 280 g/mol. The summed E-state index contributed by atoms with van der Waals surface area (Å²) in [6.07, 6.45) is 1.36. The minimum atomic E-state index is -0.0625. The van der Waals surface area contributed by atoms with Crippen molar-refractivity contribution in [1.82, 2.24) is 9.78 Å². The van der Waals surface area contributed by atoms with E-state index in [0.717, 1.165) is 22.6 Å². The van der Waals surface area contributed by atoms with Crippen LogP contribution in [0.5, 0.6) is 11.5 Å². The highest BCUT2D eigenvalue weighted by molar-refractivity contribution is 5.78. The van der Waals surface area contributed by atoms with Crippen molar-refractivity contribution < 1.29 is 9.47 Å². The highest BCUT2D eigenvalue weighted by Crippen LogP contribution is 2.32. The molecule has 5 heteroatoms. The molecule has 3 aromatic rings. The number of hydrogen-bond acceptors (Lipinski definition) is 4. The van der Waals surface area contributed by atoms with Gasteiger partial charge in [0.2, 0.25) is 12.2 Å². The van der Waals surface area contributed by atoms with Crippen molar-refractivity contribution in [3.63, 3.8) is 0 Å². The van der Waals surface area contributed by atoms with E-state index in [1.807, 2.05) is 47.1 Å². The minimum absolute atomic E-state index is 0.0625. The summed E-state index contributed by atoms with van der Waals surface area (Å²) in [6, 6.07) is 13.3. The van der Waals surface area contributed by atoms with Gasteiger partial charge in [-0.25, -0.2) is 0 Å². The van der Waals surface area contributed by atoms with E-state index in [0.29, 0.717) is 11.9 Å². The number of aromatic nitrogens is 2. The second kappa shape index (κ2) is 4.63. The summed E-state index contributed by atoms with van der Waals surface area (Å²) in [4.78, 5) is 11.8. The van der Waals surface area contributed by atoms with Crippen molar-refractivity contribution in [2.45, 2.75) is 6.54 Å². The third kappa shape index (κ3) is 2.03. The van der Waals surface area contributed by atoms with Crippen molar-refractivity contribution >= 4 is 10.9 Å². The zero-order valence-corrected chi connectivity index (χ0v) is 11.2. The Labute approximate surface area is 120 Å². The van der Waals surface area contributed by atoms with Gasteiger partial charge < -0.3 is 9.47 Å². The lowest BCUT2D eigenvalue weighted by Crippen LogP contribution is -2.12. The molecule has 5 nitrogen and oxygen atoms in total. The largest absolute Gasteiger partial charge is 0.454 e. The second-order valence-electron chi connectivity index (χ2n) is 4.87. The molecule has 0 saturated carbocycles. The summed E-state index contributed by atoms with van der Waals surface area (Å²) in [7, 11) is 0. The van der Waals surface area contributed by atoms with Crippen LogP contribution in [0.1, 0.15) is 5.56 Å². The molecule has 1 aliphatic heterocycles. The van der Waals surface area contributed by atoms with Gasteiger partial charge in [0.1, 0.15) is 0 Å². The van der Waals surface area contributed by atoms with Gasteiger partial charge in [-0.2, -0.15) is 5.10 Å². The highest BCUT2D eigenvalue weighted by atomic mass is 16.7. The SMILES string of the molecule is O=c1cnn(Cc2ccc3c(c2)OCO3)c2ccccc12. The van der Waals surface area contributed by atoms with Crippen LogP contribution in [0.3, 0.4) is 0 Å². The third-order valence-electron chi connectivity index (χ3n) is 3.53. The molecule has 0 spiro atoms. The van der Waals surface area contributed by atoms with E-state index in [1.54, 1.807) is 0 Å². The summed E-state index contributed by atoms with van der Waals surface area (Å²) in [6.45, 7) is 0.829. The Morgan fingerprint density at radius 2 is 1.95 bits per heavy atom. The summed E-state index contributed by atoms with van der Waals surface area (Å²) < 4.78 is 12.5. The lowest BCUT2D eigenvalue weighted by atomic mass is 10.2. The first-order valence-corrected chi connectivity index (χ1v) is 6.65. The van der Waals surface area contributed by atoms with Gasteiger partial charge in [0.15, 0.2) is 11.5 Å². The number of benzene rings is 2. The second-order valence-corrected chi connectivity index (χ2v) is 4.87. The van der Waals surface area contributed by atoms with E-state index in [1.165, 1.54) is 6.20 Å². The van der Waals surface area contributed by atoms with Crippen LogP contribution in [0.15, 0.2) is 53.5 Å². The fourth-order valence-corrected chi connectivity index (χ4v) is 2.50. The first kappa shape index (κ1) is 12.0. The molecule has 0 fully saturated rings. The molecule has 0 radical (unpaired) electrons. The van der Waals surface area contributed by atoms with Crippen LogP contribution in [0.25, 0.3) is 10.9 Å². The molecule has 1 aliphatic rings. The van der Waals surface area contributed by atoms with Gasteiger partial charge in [0.25, 0.3) is 0 Å². The Morgan fingerprint density at radius 3 is 2.90 bits per heavy atom. The summed E-state index contributed by atoms with van der Waals surface area (Å²) in [5.41, 5.74) is 1.80. The maximum atomic E-state index is 11.8. The molecule has 2 aromatic carbocycles. The molecule has 0 bridgehead atoms. The zero-order valence-electron chi connectivity index (χ0n) is 11.2. The van der Waals surface area contributed by atoms with E-state index in [9.17, 15) is 4.79 Å². The Balaban J connectivity index is 1.78. The molecule has 0 saturated heterocycles. The molecule has 104 valence electrons. The molecule has 0 amide bonds. The van der Waals surface area contributed by atoms with Crippen molar-refractivity contribution in [3.05, 3.63) is 64.4 Å². The van der Waals surface area contributed by atoms with Crippen molar-refractivity contribution in [2.75, 3.05) is 6.79 Å². The molecule has 2 heterocycles. The van der Waals surface area contributed by atoms with E-state index in [4.69, 9.17) is 9.47 Å². The molecule has 21 heavy (non-hydrogen) atoms. The predicted molar refractivity (Wildman–Crippen MR) is 77.7 cm³/mol. The van der Waals surface area contributed by atoms with Crippen molar-refractivity contribution in [1.29, 1.82) is 0 Å². The van der Waals surface area contributed by atoms with E-state index < -0.39 is 0 Å².